The molecule has 1 aromatic heterocycles. The molecule has 0 N–H and O–H groups in total. The van der Waals surface area contributed by atoms with E-state index in [0.29, 0.717) is 34.9 Å². The minimum atomic E-state index is -0.899. The molecule has 0 saturated heterocycles. The lowest BCUT2D eigenvalue weighted by Crippen LogP contribution is -2.47. The van der Waals surface area contributed by atoms with Crippen LogP contribution in [0.5, 0.6) is 5.75 Å². The van der Waals surface area contributed by atoms with Crippen LogP contribution in [-0.4, -0.2) is 28.2 Å². The predicted molar refractivity (Wildman–Crippen MR) is 122 cm³/mol. The van der Waals surface area contributed by atoms with Crippen molar-refractivity contribution in [3.8, 4) is 17.0 Å². The van der Waals surface area contributed by atoms with E-state index in [1.54, 1.807) is 54.6 Å². The topological polar surface area (TPSA) is 64.4 Å². The van der Waals surface area contributed by atoms with Crippen molar-refractivity contribution in [2.24, 2.45) is 0 Å². The van der Waals surface area contributed by atoms with Crippen molar-refractivity contribution in [3.63, 3.8) is 0 Å². The lowest BCUT2D eigenvalue weighted by Gasteiger charge is -2.34. The first-order chi connectivity index (χ1) is 16.1. The molecule has 3 aromatic carbocycles. The van der Waals surface area contributed by atoms with E-state index in [1.165, 1.54) is 17.0 Å². The number of ether oxygens (including phenoxy) is 1. The second-order valence-electron chi connectivity index (χ2n) is 7.59. The van der Waals surface area contributed by atoms with Crippen molar-refractivity contribution < 1.29 is 18.7 Å². The Morgan fingerprint density at radius 2 is 1.64 bits per heavy atom. The SMILES string of the molecule is CCOc1ccc(C2C(=O)n3nc(-c4ccc(F)cc4)cc3C(=O)N2c2ccccc2)cc1. The molecule has 164 valence electrons. The molecule has 6 nitrogen and oxygen atoms in total. The molecule has 0 radical (unpaired) electrons. The number of para-hydroxylation sites is 1. The number of fused-ring (bicyclic) bond motifs is 1. The van der Waals surface area contributed by atoms with Gasteiger partial charge < -0.3 is 4.74 Å². The quantitative estimate of drug-likeness (QED) is 0.431. The van der Waals surface area contributed by atoms with Crippen LogP contribution in [0.1, 0.15) is 33.8 Å². The molecule has 1 amide bonds. The van der Waals surface area contributed by atoms with Crippen molar-refractivity contribution in [1.29, 1.82) is 0 Å². The van der Waals surface area contributed by atoms with Gasteiger partial charge in [0.05, 0.1) is 12.3 Å². The number of aromatic nitrogens is 2. The van der Waals surface area contributed by atoms with Gasteiger partial charge in [0.2, 0.25) is 0 Å². The van der Waals surface area contributed by atoms with Crippen LogP contribution in [0.3, 0.4) is 0 Å². The molecule has 33 heavy (non-hydrogen) atoms. The molecule has 0 bridgehead atoms. The first-order valence-corrected chi connectivity index (χ1v) is 10.6. The molecule has 0 spiro atoms. The van der Waals surface area contributed by atoms with E-state index in [9.17, 15) is 14.0 Å². The van der Waals surface area contributed by atoms with Crippen molar-refractivity contribution in [2.45, 2.75) is 13.0 Å². The lowest BCUT2D eigenvalue weighted by atomic mass is 10.00. The number of hydrogen-bond acceptors (Lipinski definition) is 4. The Bertz CT molecular complexity index is 1320. The fraction of sp³-hybridized carbons (Fsp3) is 0.115. The van der Waals surface area contributed by atoms with E-state index in [-0.39, 0.29) is 23.3 Å². The minimum Gasteiger partial charge on any atom is -0.494 e. The highest BCUT2D eigenvalue weighted by Gasteiger charge is 2.42. The highest BCUT2D eigenvalue weighted by atomic mass is 19.1. The monoisotopic (exact) mass is 441 g/mol. The molecule has 0 fully saturated rings. The molecular weight excluding hydrogens is 421 g/mol. The first kappa shape index (κ1) is 20.6. The van der Waals surface area contributed by atoms with Gasteiger partial charge in [-0.15, -0.1) is 0 Å². The van der Waals surface area contributed by atoms with Crippen LogP contribution in [0.15, 0.2) is 84.9 Å². The van der Waals surface area contributed by atoms with Gasteiger partial charge in [-0.25, -0.2) is 4.39 Å². The molecule has 1 aliphatic heterocycles. The van der Waals surface area contributed by atoms with Crippen LogP contribution in [0, 0.1) is 5.82 Å². The zero-order valence-corrected chi connectivity index (χ0v) is 17.8. The summed E-state index contributed by atoms with van der Waals surface area (Å²) in [6, 6.07) is 22.6. The van der Waals surface area contributed by atoms with Crippen LogP contribution in [-0.2, 0) is 0 Å². The van der Waals surface area contributed by atoms with E-state index in [1.807, 2.05) is 25.1 Å². The fourth-order valence-electron chi connectivity index (χ4n) is 3.99. The van der Waals surface area contributed by atoms with Gasteiger partial charge in [-0.2, -0.15) is 9.78 Å². The van der Waals surface area contributed by atoms with Gasteiger partial charge in [0.1, 0.15) is 23.3 Å². The zero-order chi connectivity index (χ0) is 22.9. The molecule has 7 heteroatoms. The number of rotatable bonds is 5. The number of anilines is 1. The lowest BCUT2D eigenvalue weighted by molar-refractivity contribution is 0.0774. The van der Waals surface area contributed by atoms with Gasteiger partial charge >= 0.3 is 0 Å². The molecule has 1 unspecified atom stereocenters. The summed E-state index contributed by atoms with van der Waals surface area (Å²) in [5.41, 5.74) is 2.44. The molecule has 2 heterocycles. The fourth-order valence-corrected chi connectivity index (χ4v) is 3.99. The van der Waals surface area contributed by atoms with E-state index in [4.69, 9.17) is 4.74 Å². The third-order valence-corrected chi connectivity index (χ3v) is 5.53. The van der Waals surface area contributed by atoms with Crippen molar-refractivity contribution in [3.05, 3.63) is 102 Å². The number of carbonyl (C=O) groups is 2. The first-order valence-electron chi connectivity index (χ1n) is 10.6. The maximum atomic E-state index is 13.7. The summed E-state index contributed by atoms with van der Waals surface area (Å²) < 4.78 is 20.0. The summed E-state index contributed by atoms with van der Waals surface area (Å²) in [7, 11) is 0. The number of halogens is 1. The Labute approximate surface area is 189 Å². The third-order valence-electron chi connectivity index (χ3n) is 5.53. The number of carbonyl (C=O) groups excluding carboxylic acids is 2. The van der Waals surface area contributed by atoms with Crippen LogP contribution in [0.4, 0.5) is 10.1 Å². The van der Waals surface area contributed by atoms with Gasteiger partial charge in [0, 0.05) is 11.3 Å². The van der Waals surface area contributed by atoms with E-state index in [0.717, 1.165) is 4.68 Å². The average molecular weight is 441 g/mol. The standard InChI is InChI=1S/C26H20FN3O3/c1-2-33-21-14-10-18(11-15-21)24-26(32)30-23(25(31)29(24)20-6-4-3-5-7-20)16-22(28-30)17-8-12-19(27)13-9-17/h3-16,24H,2H2,1H3. The molecule has 1 atom stereocenters. The molecule has 5 rings (SSSR count). The van der Waals surface area contributed by atoms with Crippen molar-refractivity contribution >= 4 is 17.5 Å². The second kappa shape index (κ2) is 8.35. The van der Waals surface area contributed by atoms with Gasteiger partial charge in [-0.05, 0) is 67.1 Å². The zero-order valence-electron chi connectivity index (χ0n) is 17.8. The average Bonchev–Trinajstić information content (AvgIpc) is 3.29. The number of amides is 1. The largest absolute Gasteiger partial charge is 0.494 e. The second-order valence-corrected chi connectivity index (χ2v) is 7.59. The van der Waals surface area contributed by atoms with Crippen molar-refractivity contribution in [2.75, 3.05) is 11.5 Å². The summed E-state index contributed by atoms with van der Waals surface area (Å²) in [6.45, 7) is 2.42. The van der Waals surface area contributed by atoms with Crippen LogP contribution >= 0.6 is 0 Å². The molecule has 0 saturated carbocycles. The summed E-state index contributed by atoms with van der Waals surface area (Å²) >= 11 is 0. The normalized spacial score (nSPS) is 15.5. The summed E-state index contributed by atoms with van der Waals surface area (Å²) in [5.74, 6) is -0.396. The number of nitrogens with zero attached hydrogens (tertiary/aromatic N) is 3. The van der Waals surface area contributed by atoms with Gasteiger partial charge in [-0.3, -0.25) is 14.5 Å². The van der Waals surface area contributed by atoms with Crippen LogP contribution in [0.2, 0.25) is 0 Å². The van der Waals surface area contributed by atoms with Crippen molar-refractivity contribution in [1.82, 2.24) is 9.78 Å². The van der Waals surface area contributed by atoms with E-state index in [2.05, 4.69) is 5.10 Å². The number of hydrogen-bond donors (Lipinski definition) is 0. The molecule has 1 aliphatic rings. The predicted octanol–water partition coefficient (Wildman–Crippen LogP) is 5.13. The van der Waals surface area contributed by atoms with Crippen LogP contribution in [0.25, 0.3) is 11.3 Å². The number of benzene rings is 3. The Morgan fingerprint density at radius 3 is 2.30 bits per heavy atom. The summed E-state index contributed by atoms with van der Waals surface area (Å²) in [4.78, 5) is 28.8. The van der Waals surface area contributed by atoms with E-state index >= 15 is 0 Å². The smallest absolute Gasteiger partial charge is 0.278 e. The van der Waals surface area contributed by atoms with Gasteiger partial charge in [0.25, 0.3) is 11.8 Å². The maximum absolute atomic E-state index is 13.7. The van der Waals surface area contributed by atoms with E-state index < -0.39 is 6.04 Å². The Balaban J connectivity index is 1.63. The van der Waals surface area contributed by atoms with Crippen LogP contribution < -0.4 is 9.64 Å². The summed E-state index contributed by atoms with van der Waals surface area (Å²) in [5, 5.41) is 4.41. The molecule has 4 aromatic rings. The maximum Gasteiger partial charge on any atom is 0.278 e. The highest BCUT2D eigenvalue weighted by molar-refractivity contribution is 6.15. The minimum absolute atomic E-state index is 0.158. The Hall–Kier alpha value is -4.26. The van der Waals surface area contributed by atoms with Gasteiger partial charge in [0.15, 0.2) is 0 Å². The van der Waals surface area contributed by atoms with Gasteiger partial charge in [-0.1, -0.05) is 30.3 Å². The molecular formula is C26H20FN3O3. The Morgan fingerprint density at radius 1 is 0.939 bits per heavy atom. The Kier molecular flexibility index (Phi) is 5.22. The summed E-state index contributed by atoms with van der Waals surface area (Å²) in [6.07, 6.45) is 0. The highest BCUT2D eigenvalue weighted by Crippen LogP contribution is 2.36. The third kappa shape index (κ3) is 3.67. The molecule has 0 aliphatic carbocycles.